The largest absolute Gasteiger partial charge is 0.497 e. The van der Waals surface area contributed by atoms with E-state index in [1.807, 2.05) is 0 Å². The molecule has 2 aromatic carbocycles. The van der Waals surface area contributed by atoms with E-state index < -0.39 is 17.8 Å². The number of fused-ring (bicyclic) bond motifs is 1. The van der Waals surface area contributed by atoms with Crippen molar-refractivity contribution >= 4 is 23.9 Å². The molecule has 0 fully saturated rings. The molecule has 1 aliphatic heterocycles. The number of imide groups is 1. The molecular weight excluding hydrogens is 334 g/mol. The van der Waals surface area contributed by atoms with Crippen LogP contribution >= 0.6 is 0 Å². The minimum atomic E-state index is -0.607. The van der Waals surface area contributed by atoms with Gasteiger partial charge in [0.2, 0.25) is 0 Å². The van der Waals surface area contributed by atoms with Gasteiger partial charge < -0.3 is 9.47 Å². The van der Waals surface area contributed by atoms with E-state index in [9.17, 15) is 14.4 Å². The summed E-state index contributed by atoms with van der Waals surface area (Å²) in [5.41, 5.74) is 1.56. The molecule has 1 aliphatic rings. The lowest BCUT2D eigenvalue weighted by molar-refractivity contribution is -0.136. The van der Waals surface area contributed by atoms with E-state index in [-0.39, 0.29) is 12.1 Å². The number of hydrogen-bond acceptors (Lipinski definition) is 5. The fourth-order valence-corrected chi connectivity index (χ4v) is 2.79. The van der Waals surface area contributed by atoms with E-state index in [2.05, 4.69) is 0 Å². The normalized spacial score (nSPS) is 13.6. The molecule has 0 atom stereocenters. The summed E-state index contributed by atoms with van der Waals surface area (Å²) in [5.74, 6) is -0.829. The second-order valence-electron chi connectivity index (χ2n) is 5.68. The summed E-state index contributed by atoms with van der Waals surface area (Å²) in [6.45, 7) is -0.170. The van der Waals surface area contributed by atoms with Crippen LogP contribution in [0.1, 0.15) is 26.3 Å². The molecule has 0 saturated heterocycles. The molecule has 2 aromatic rings. The third-order valence-corrected chi connectivity index (χ3v) is 4.09. The zero-order valence-corrected chi connectivity index (χ0v) is 14.4. The zero-order valence-electron chi connectivity index (χ0n) is 14.4. The fraction of sp³-hybridized carbons (Fsp3) is 0.150. The molecule has 0 spiro atoms. The van der Waals surface area contributed by atoms with Gasteiger partial charge in [-0.3, -0.25) is 14.5 Å². The lowest BCUT2D eigenvalue weighted by Crippen LogP contribution is -2.33. The minimum absolute atomic E-state index is 0.170. The number of methoxy groups -OCH3 is 2. The van der Waals surface area contributed by atoms with Gasteiger partial charge in [0.25, 0.3) is 11.8 Å². The van der Waals surface area contributed by atoms with Crippen molar-refractivity contribution in [2.75, 3.05) is 20.8 Å². The summed E-state index contributed by atoms with van der Waals surface area (Å²) in [5, 5.41) is 0. The average Bonchev–Trinajstić information content (AvgIpc) is 2.92. The third kappa shape index (κ3) is 3.21. The smallest absolute Gasteiger partial charge is 0.335 e. The van der Waals surface area contributed by atoms with Crippen LogP contribution in [0.2, 0.25) is 0 Å². The highest BCUT2D eigenvalue weighted by Gasteiger charge is 2.36. The van der Waals surface area contributed by atoms with Gasteiger partial charge >= 0.3 is 5.97 Å². The topological polar surface area (TPSA) is 72.9 Å². The monoisotopic (exact) mass is 351 g/mol. The van der Waals surface area contributed by atoms with Crippen molar-refractivity contribution in [3.05, 3.63) is 70.8 Å². The number of amides is 2. The van der Waals surface area contributed by atoms with Crippen molar-refractivity contribution in [2.24, 2.45) is 0 Å². The molecule has 0 N–H and O–H groups in total. The molecule has 0 saturated carbocycles. The van der Waals surface area contributed by atoms with Crippen LogP contribution in [0, 0.1) is 0 Å². The van der Waals surface area contributed by atoms with Gasteiger partial charge in [-0.25, -0.2) is 4.79 Å². The average molecular weight is 351 g/mol. The zero-order chi connectivity index (χ0) is 18.7. The molecule has 0 aromatic heterocycles. The Morgan fingerprint density at radius 2 is 1.65 bits per heavy atom. The second kappa shape index (κ2) is 7.23. The lowest BCUT2D eigenvalue weighted by atomic mass is 10.1. The number of carbonyl (C=O) groups excluding carboxylic acids is 3. The van der Waals surface area contributed by atoms with Gasteiger partial charge in [0.1, 0.15) is 5.75 Å². The van der Waals surface area contributed by atoms with Crippen LogP contribution in [0.3, 0.4) is 0 Å². The van der Waals surface area contributed by atoms with Crippen molar-refractivity contribution in [1.29, 1.82) is 0 Å². The molecule has 2 amide bonds. The Balaban J connectivity index is 1.93. The number of esters is 1. The van der Waals surface area contributed by atoms with E-state index in [1.54, 1.807) is 61.7 Å². The van der Waals surface area contributed by atoms with Crippen molar-refractivity contribution in [3.63, 3.8) is 0 Å². The molecule has 1 heterocycles. The summed E-state index contributed by atoms with van der Waals surface area (Å²) in [6, 6.07) is 13.7. The molecule has 132 valence electrons. The van der Waals surface area contributed by atoms with Gasteiger partial charge in [-0.1, -0.05) is 24.3 Å². The van der Waals surface area contributed by atoms with Crippen molar-refractivity contribution in [1.82, 2.24) is 4.90 Å². The molecular formula is C20H17NO5. The van der Waals surface area contributed by atoms with E-state index in [0.717, 1.165) is 4.90 Å². The Kier molecular flexibility index (Phi) is 4.84. The van der Waals surface area contributed by atoms with Gasteiger partial charge in [0, 0.05) is 0 Å². The van der Waals surface area contributed by atoms with Crippen LogP contribution in [0.4, 0.5) is 0 Å². The number of carbonyl (C=O) groups is 3. The number of benzene rings is 2. The standard InChI is InChI=1S/C20H17NO5/c1-25-15-7-5-6-13(11-15)10-14(20(24)26-2)12-21-18(22)16-8-3-4-9-17(16)19(21)23/h3-11H,12H2,1-2H3/b14-10+. The Bertz CT molecular complexity index is 881. The lowest BCUT2D eigenvalue weighted by Gasteiger charge is -2.15. The van der Waals surface area contributed by atoms with E-state index in [1.165, 1.54) is 7.11 Å². The van der Waals surface area contributed by atoms with Gasteiger partial charge in [-0.2, -0.15) is 0 Å². The number of nitrogens with zero attached hydrogens (tertiary/aromatic N) is 1. The Morgan fingerprint density at radius 3 is 2.23 bits per heavy atom. The van der Waals surface area contributed by atoms with Crippen LogP contribution < -0.4 is 4.74 Å². The van der Waals surface area contributed by atoms with Gasteiger partial charge in [-0.05, 0) is 35.9 Å². The van der Waals surface area contributed by atoms with Crippen molar-refractivity contribution < 1.29 is 23.9 Å². The molecule has 0 bridgehead atoms. The van der Waals surface area contributed by atoms with Gasteiger partial charge in [0.15, 0.2) is 0 Å². The summed E-state index contributed by atoms with van der Waals surface area (Å²) < 4.78 is 9.98. The first-order valence-electron chi connectivity index (χ1n) is 7.93. The molecule has 0 unspecified atom stereocenters. The second-order valence-corrected chi connectivity index (χ2v) is 5.68. The van der Waals surface area contributed by atoms with E-state index in [4.69, 9.17) is 9.47 Å². The van der Waals surface area contributed by atoms with Crippen LogP contribution in [0.5, 0.6) is 5.75 Å². The van der Waals surface area contributed by atoms with Gasteiger partial charge in [-0.15, -0.1) is 0 Å². The quantitative estimate of drug-likeness (QED) is 0.470. The highest BCUT2D eigenvalue weighted by atomic mass is 16.5. The predicted octanol–water partition coefficient (Wildman–Crippen LogP) is 2.55. The first-order valence-corrected chi connectivity index (χ1v) is 7.93. The third-order valence-electron chi connectivity index (χ3n) is 4.09. The first kappa shape index (κ1) is 17.4. The molecule has 3 rings (SSSR count). The maximum atomic E-state index is 12.5. The molecule has 0 radical (unpaired) electrons. The molecule has 0 aliphatic carbocycles. The molecule has 6 heteroatoms. The van der Waals surface area contributed by atoms with Crippen molar-refractivity contribution in [3.8, 4) is 5.75 Å². The predicted molar refractivity (Wildman–Crippen MR) is 94.8 cm³/mol. The van der Waals surface area contributed by atoms with Gasteiger partial charge in [0.05, 0.1) is 37.5 Å². The van der Waals surface area contributed by atoms with Crippen molar-refractivity contribution in [2.45, 2.75) is 0 Å². The maximum Gasteiger partial charge on any atom is 0.335 e. The molecule has 6 nitrogen and oxygen atoms in total. The molecule has 26 heavy (non-hydrogen) atoms. The summed E-state index contributed by atoms with van der Waals surface area (Å²) in [7, 11) is 2.80. The van der Waals surface area contributed by atoms with Crippen LogP contribution in [-0.2, 0) is 9.53 Å². The minimum Gasteiger partial charge on any atom is -0.497 e. The number of hydrogen-bond donors (Lipinski definition) is 0. The van der Waals surface area contributed by atoms with E-state index in [0.29, 0.717) is 22.4 Å². The number of rotatable bonds is 5. The summed E-state index contributed by atoms with van der Waals surface area (Å²) >= 11 is 0. The SMILES string of the molecule is COC(=O)/C(=C/c1cccc(OC)c1)CN1C(=O)c2ccccc2C1=O. The highest BCUT2D eigenvalue weighted by Crippen LogP contribution is 2.24. The fourth-order valence-electron chi connectivity index (χ4n) is 2.79. The number of ether oxygens (including phenoxy) is 2. The van der Waals surface area contributed by atoms with Crippen LogP contribution in [0.15, 0.2) is 54.1 Å². The van der Waals surface area contributed by atoms with Crippen LogP contribution in [-0.4, -0.2) is 43.4 Å². The summed E-state index contributed by atoms with van der Waals surface area (Å²) in [6.07, 6.45) is 1.58. The Labute approximate surface area is 150 Å². The maximum absolute atomic E-state index is 12.5. The van der Waals surface area contributed by atoms with Crippen LogP contribution in [0.25, 0.3) is 6.08 Å². The Hall–Kier alpha value is -3.41. The van der Waals surface area contributed by atoms with E-state index >= 15 is 0 Å². The summed E-state index contributed by atoms with van der Waals surface area (Å²) in [4.78, 5) is 38.2. The Morgan fingerprint density at radius 1 is 1.00 bits per heavy atom. The first-order chi connectivity index (χ1) is 12.5. The highest BCUT2D eigenvalue weighted by molar-refractivity contribution is 6.21.